The average molecular weight is 370 g/mol. The van der Waals surface area contributed by atoms with Crippen LogP contribution in [0.25, 0.3) is 10.9 Å². The monoisotopic (exact) mass is 370 g/mol. The third-order valence-electron chi connectivity index (χ3n) is 3.95. The summed E-state index contributed by atoms with van der Waals surface area (Å²) in [6.07, 6.45) is 1.42. The minimum Gasteiger partial charge on any atom is -0.489 e. The van der Waals surface area contributed by atoms with Gasteiger partial charge >= 0.3 is 0 Å². The summed E-state index contributed by atoms with van der Waals surface area (Å²) in [5.74, 6) is 0.697. The molecule has 0 spiro atoms. The van der Waals surface area contributed by atoms with Crippen molar-refractivity contribution in [3.05, 3.63) is 60.8 Å². The van der Waals surface area contributed by atoms with Crippen molar-refractivity contribution >= 4 is 20.7 Å². The maximum atomic E-state index is 12.8. The molecule has 0 saturated carbocycles. The zero-order valence-corrected chi connectivity index (χ0v) is 15.9. The van der Waals surface area contributed by atoms with E-state index in [1.807, 2.05) is 39.2 Å². The smallest absolute Gasteiger partial charge is 0.208 e. The Hall–Kier alpha value is -2.44. The highest BCUT2D eigenvalue weighted by molar-refractivity contribution is 7.91. The van der Waals surface area contributed by atoms with Crippen LogP contribution in [0.15, 0.2) is 70.6 Å². The minimum atomic E-state index is -3.59. The van der Waals surface area contributed by atoms with E-state index < -0.39 is 9.84 Å². The van der Waals surface area contributed by atoms with E-state index in [1.54, 1.807) is 36.4 Å². The van der Waals surface area contributed by atoms with Gasteiger partial charge in [0, 0.05) is 18.1 Å². The number of ether oxygens (including phenoxy) is 1. The second-order valence-electron chi connectivity index (χ2n) is 6.53. The molecule has 3 aromatic rings. The fraction of sp³-hybridized carbons (Fsp3) is 0.250. The number of rotatable bonds is 6. The van der Waals surface area contributed by atoms with Gasteiger partial charge in [-0.05, 0) is 57.4 Å². The molecule has 1 atom stereocenters. The molecule has 0 aliphatic rings. The summed E-state index contributed by atoms with van der Waals surface area (Å²) in [6.45, 7) is 2.79. The van der Waals surface area contributed by atoms with Gasteiger partial charge < -0.3 is 9.64 Å². The first-order valence-electron chi connectivity index (χ1n) is 8.37. The van der Waals surface area contributed by atoms with Crippen LogP contribution < -0.4 is 4.74 Å². The molecule has 0 radical (unpaired) electrons. The van der Waals surface area contributed by atoms with Crippen LogP contribution in [-0.2, 0) is 9.84 Å². The lowest BCUT2D eigenvalue weighted by atomic mass is 10.2. The summed E-state index contributed by atoms with van der Waals surface area (Å²) in [5.41, 5.74) is 0.727. The SMILES string of the molecule is CC(CN(C)C)Oc1ccc2ncc(S(=O)(=O)c3ccccc3)cc2c1. The molecule has 2 aromatic carbocycles. The van der Waals surface area contributed by atoms with Gasteiger partial charge in [0.2, 0.25) is 9.84 Å². The van der Waals surface area contributed by atoms with E-state index in [4.69, 9.17) is 4.74 Å². The standard InChI is InChI=1S/C20H22N2O3S/c1-15(14-22(2)3)25-17-9-10-20-16(11-17)12-19(13-21-20)26(23,24)18-7-5-4-6-8-18/h4-13,15H,14H2,1-3H3. The summed E-state index contributed by atoms with van der Waals surface area (Å²) >= 11 is 0. The first kappa shape index (κ1) is 18.4. The second kappa shape index (κ2) is 7.43. The van der Waals surface area contributed by atoms with E-state index in [9.17, 15) is 8.42 Å². The third kappa shape index (κ3) is 4.03. The zero-order chi connectivity index (χ0) is 18.7. The van der Waals surface area contributed by atoms with Crippen LogP contribution in [0.3, 0.4) is 0 Å². The van der Waals surface area contributed by atoms with E-state index in [-0.39, 0.29) is 15.9 Å². The largest absolute Gasteiger partial charge is 0.489 e. The lowest BCUT2D eigenvalue weighted by Gasteiger charge is -2.19. The van der Waals surface area contributed by atoms with E-state index in [1.165, 1.54) is 6.20 Å². The lowest BCUT2D eigenvalue weighted by Crippen LogP contribution is -2.27. The number of pyridine rings is 1. The van der Waals surface area contributed by atoms with Gasteiger partial charge in [0.05, 0.1) is 15.3 Å². The summed E-state index contributed by atoms with van der Waals surface area (Å²) < 4.78 is 31.5. The van der Waals surface area contributed by atoms with Crippen molar-refractivity contribution in [2.24, 2.45) is 0 Å². The van der Waals surface area contributed by atoms with Gasteiger partial charge in [0.1, 0.15) is 11.9 Å². The Morgan fingerprint density at radius 2 is 1.77 bits per heavy atom. The van der Waals surface area contributed by atoms with Crippen LogP contribution in [0, 0.1) is 0 Å². The molecule has 0 aliphatic carbocycles. The highest BCUT2D eigenvalue weighted by Crippen LogP contribution is 2.26. The molecule has 1 heterocycles. The van der Waals surface area contributed by atoms with Gasteiger partial charge in [-0.1, -0.05) is 18.2 Å². The van der Waals surface area contributed by atoms with Crippen molar-refractivity contribution in [2.75, 3.05) is 20.6 Å². The molecule has 1 unspecified atom stereocenters. The van der Waals surface area contributed by atoms with Crippen molar-refractivity contribution in [2.45, 2.75) is 22.8 Å². The molecular formula is C20H22N2O3S. The van der Waals surface area contributed by atoms with E-state index in [2.05, 4.69) is 9.88 Å². The summed E-state index contributed by atoms with van der Waals surface area (Å²) in [6, 6.07) is 15.5. The van der Waals surface area contributed by atoms with E-state index >= 15 is 0 Å². The zero-order valence-electron chi connectivity index (χ0n) is 15.1. The van der Waals surface area contributed by atoms with Crippen molar-refractivity contribution < 1.29 is 13.2 Å². The quantitative estimate of drug-likeness (QED) is 0.666. The highest BCUT2D eigenvalue weighted by Gasteiger charge is 2.18. The predicted molar refractivity (Wildman–Crippen MR) is 102 cm³/mol. The summed E-state index contributed by atoms with van der Waals surface area (Å²) in [7, 11) is 0.390. The van der Waals surface area contributed by atoms with Gasteiger partial charge in [-0.3, -0.25) is 4.98 Å². The molecule has 0 amide bonds. The fourth-order valence-electron chi connectivity index (χ4n) is 2.83. The molecular weight excluding hydrogens is 348 g/mol. The van der Waals surface area contributed by atoms with Crippen LogP contribution >= 0.6 is 0 Å². The maximum Gasteiger partial charge on any atom is 0.208 e. The topological polar surface area (TPSA) is 59.5 Å². The van der Waals surface area contributed by atoms with Gasteiger partial charge in [-0.2, -0.15) is 0 Å². The van der Waals surface area contributed by atoms with Crippen molar-refractivity contribution in [3.63, 3.8) is 0 Å². The molecule has 0 bridgehead atoms. The van der Waals surface area contributed by atoms with E-state index in [0.29, 0.717) is 5.75 Å². The number of nitrogens with zero attached hydrogens (tertiary/aromatic N) is 2. The average Bonchev–Trinajstić information content (AvgIpc) is 2.61. The lowest BCUT2D eigenvalue weighted by molar-refractivity contribution is 0.177. The first-order chi connectivity index (χ1) is 12.4. The first-order valence-corrected chi connectivity index (χ1v) is 9.86. The Balaban J connectivity index is 1.95. The van der Waals surface area contributed by atoms with Crippen molar-refractivity contribution in [3.8, 4) is 5.75 Å². The Bertz CT molecular complexity index is 1000. The predicted octanol–water partition coefficient (Wildman–Crippen LogP) is 3.40. The van der Waals surface area contributed by atoms with E-state index in [0.717, 1.165) is 17.4 Å². The Kier molecular flexibility index (Phi) is 5.25. The van der Waals surface area contributed by atoms with Gasteiger partial charge in [-0.25, -0.2) is 8.42 Å². The molecule has 26 heavy (non-hydrogen) atoms. The number of fused-ring (bicyclic) bond motifs is 1. The normalized spacial score (nSPS) is 13.1. The number of sulfone groups is 1. The van der Waals surface area contributed by atoms with Crippen LogP contribution in [0.2, 0.25) is 0 Å². The molecule has 5 nitrogen and oxygen atoms in total. The molecule has 6 heteroatoms. The Morgan fingerprint density at radius 1 is 1.04 bits per heavy atom. The Labute approximate surface area is 154 Å². The molecule has 136 valence electrons. The molecule has 3 rings (SSSR count). The molecule has 0 N–H and O–H groups in total. The number of aromatic nitrogens is 1. The van der Waals surface area contributed by atoms with Crippen molar-refractivity contribution in [1.82, 2.24) is 9.88 Å². The van der Waals surface area contributed by atoms with Gasteiger partial charge in [0.15, 0.2) is 0 Å². The second-order valence-corrected chi connectivity index (χ2v) is 8.48. The Morgan fingerprint density at radius 3 is 2.46 bits per heavy atom. The van der Waals surface area contributed by atoms with Gasteiger partial charge in [0.25, 0.3) is 0 Å². The van der Waals surface area contributed by atoms with Crippen LogP contribution in [-0.4, -0.2) is 45.0 Å². The highest BCUT2D eigenvalue weighted by atomic mass is 32.2. The fourth-order valence-corrected chi connectivity index (χ4v) is 4.09. The van der Waals surface area contributed by atoms with Crippen LogP contribution in [0.1, 0.15) is 6.92 Å². The van der Waals surface area contributed by atoms with Crippen LogP contribution in [0.5, 0.6) is 5.75 Å². The van der Waals surface area contributed by atoms with Crippen LogP contribution in [0.4, 0.5) is 0 Å². The molecule has 0 fully saturated rings. The maximum absolute atomic E-state index is 12.8. The van der Waals surface area contributed by atoms with Crippen molar-refractivity contribution in [1.29, 1.82) is 0 Å². The molecule has 0 saturated heterocycles. The number of likely N-dealkylation sites (N-methyl/N-ethyl adjacent to an activating group) is 1. The summed E-state index contributed by atoms with van der Waals surface area (Å²) in [4.78, 5) is 6.79. The molecule has 1 aromatic heterocycles. The minimum absolute atomic E-state index is 0.0200. The number of hydrogen-bond acceptors (Lipinski definition) is 5. The summed E-state index contributed by atoms with van der Waals surface area (Å²) in [5, 5.41) is 0.733. The number of benzene rings is 2. The van der Waals surface area contributed by atoms with Gasteiger partial charge in [-0.15, -0.1) is 0 Å². The third-order valence-corrected chi connectivity index (χ3v) is 5.69. The molecule has 0 aliphatic heterocycles. The number of hydrogen-bond donors (Lipinski definition) is 0.